The standard InChI is InChI=1S/C27H26BrIN2O5S/c1-5-7-19-23(26(33)36-6-2)24(16-9-11-20(34-3)17(28)14-16)31-25(32)22(37-27(31)30-19)13-15-8-10-21(35-4)18(29)12-15/h8-14,24H,5-7H2,1-4H3/b22-13-. The first-order chi connectivity index (χ1) is 17.8. The van der Waals surface area contributed by atoms with Crippen molar-refractivity contribution in [3.63, 3.8) is 0 Å². The number of ether oxygens (including phenoxy) is 3. The topological polar surface area (TPSA) is 79.1 Å². The average molecular weight is 697 g/mol. The lowest BCUT2D eigenvalue weighted by Crippen LogP contribution is -2.40. The zero-order valence-electron chi connectivity index (χ0n) is 20.8. The third kappa shape index (κ3) is 5.56. The minimum Gasteiger partial charge on any atom is -0.496 e. The number of fused-ring (bicyclic) bond motifs is 1. The molecule has 2 aromatic carbocycles. The molecule has 0 N–H and O–H groups in total. The first kappa shape index (κ1) is 27.6. The lowest BCUT2D eigenvalue weighted by atomic mass is 9.94. The van der Waals surface area contributed by atoms with Crippen LogP contribution in [0.1, 0.15) is 43.9 Å². The van der Waals surface area contributed by atoms with Gasteiger partial charge in [-0.05, 0) is 93.3 Å². The Labute approximate surface area is 240 Å². The summed E-state index contributed by atoms with van der Waals surface area (Å²) >= 11 is 7.07. The van der Waals surface area contributed by atoms with Crippen molar-refractivity contribution in [1.82, 2.24) is 4.57 Å². The number of methoxy groups -OCH3 is 2. The Bertz CT molecular complexity index is 1560. The summed E-state index contributed by atoms with van der Waals surface area (Å²) in [6.07, 6.45) is 3.23. The molecular weight excluding hydrogens is 671 g/mol. The minimum absolute atomic E-state index is 0.219. The van der Waals surface area contributed by atoms with Crippen molar-refractivity contribution in [2.24, 2.45) is 4.99 Å². The lowest BCUT2D eigenvalue weighted by molar-refractivity contribution is -0.139. The summed E-state index contributed by atoms with van der Waals surface area (Å²) in [6.45, 7) is 4.02. The molecule has 194 valence electrons. The monoisotopic (exact) mass is 696 g/mol. The van der Waals surface area contributed by atoms with Crippen LogP contribution in [-0.4, -0.2) is 31.4 Å². The maximum absolute atomic E-state index is 13.9. The predicted octanol–water partition coefficient (Wildman–Crippen LogP) is 4.96. The predicted molar refractivity (Wildman–Crippen MR) is 156 cm³/mol. The highest BCUT2D eigenvalue weighted by molar-refractivity contribution is 14.1. The highest BCUT2D eigenvalue weighted by Crippen LogP contribution is 2.36. The number of hydrogen-bond donors (Lipinski definition) is 0. The molecule has 1 unspecified atom stereocenters. The zero-order valence-corrected chi connectivity index (χ0v) is 25.4. The van der Waals surface area contributed by atoms with Gasteiger partial charge in [0.25, 0.3) is 5.56 Å². The number of allylic oxidation sites excluding steroid dienone is 1. The molecule has 10 heteroatoms. The third-order valence-electron chi connectivity index (χ3n) is 5.86. The van der Waals surface area contributed by atoms with E-state index in [9.17, 15) is 9.59 Å². The second kappa shape index (κ2) is 12.0. The number of hydrogen-bond acceptors (Lipinski definition) is 7. The Kier molecular flexibility index (Phi) is 8.91. The first-order valence-corrected chi connectivity index (χ1v) is 14.4. The normalized spacial score (nSPS) is 15.3. The summed E-state index contributed by atoms with van der Waals surface area (Å²) in [7, 11) is 3.22. The van der Waals surface area contributed by atoms with Crippen LogP contribution in [0.25, 0.3) is 6.08 Å². The van der Waals surface area contributed by atoms with Crippen molar-refractivity contribution in [2.45, 2.75) is 32.7 Å². The van der Waals surface area contributed by atoms with Crippen molar-refractivity contribution < 1.29 is 19.0 Å². The Morgan fingerprint density at radius 3 is 2.51 bits per heavy atom. The lowest BCUT2D eigenvalue weighted by Gasteiger charge is -2.26. The molecule has 1 aliphatic rings. The Balaban J connectivity index is 1.98. The number of aromatic nitrogens is 1. The Morgan fingerprint density at radius 2 is 1.89 bits per heavy atom. The number of halogens is 2. The van der Waals surface area contributed by atoms with Gasteiger partial charge in [0.1, 0.15) is 11.5 Å². The third-order valence-corrected chi connectivity index (χ3v) is 8.30. The van der Waals surface area contributed by atoms with Gasteiger partial charge in [0.15, 0.2) is 4.80 Å². The van der Waals surface area contributed by atoms with E-state index in [-0.39, 0.29) is 12.2 Å². The van der Waals surface area contributed by atoms with Gasteiger partial charge in [-0.3, -0.25) is 9.36 Å². The van der Waals surface area contributed by atoms with Crippen molar-refractivity contribution >= 4 is 61.9 Å². The SMILES string of the molecule is CCCC1=C(C(=O)OCC)C(c2ccc(OC)c(Br)c2)n2c(s/c(=C\c3ccc(OC)c(I)c3)c2=O)=N1. The van der Waals surface area contributed by atoms with Gasteiger partial charge in [0, 0.05) is 0 Å². The van der Waals surface area contributed by atoms with Crippen LogP contribution < -0.4 is 24.4 Å². The van der Waals surface area contributed by atoms with Crippen molar-refractivity contribution in [1.29, 1.82) is 0 Å². The van der Waals surface area contributed by atoms with Gasteiger partial charge in [-0.2, -0.15) is 0 Å². The van der Waals surface area contributed by atoms with Crippen LogP contribution in [0.5, 0.6) is 11.5 Å². The van der Waals surface area contributed by atoms with E-state index in [1.54, 1.807) is 25.7 Å². The molecule has 0 bridgehead atoms. The minimum atomic E-state index is -0.683. The molecule has 1 atom stereocenters. The van der Waals surface area contributed by atoms with E-state index in [0.29, 0.717) is 32.8 Å². The molecule has 37 heavy (non-hydrogen) atoms. The van der Waals surface area contributed by atoms with Crippen LogP contribution in [-0.2, 0) is 9.53 Å². The summed E-state index contributed by atoms with van der Waals surface area (Å²) in [5.41, 5.74) is 2.44. The molecule has 0 fully saturated rings. The van der Waals surface area contributed by atoms with Gasteiger partial charge >= 0.3 is 5.97 Å². The first-order valence-electron chi connectivity index (χ1n) is 11.7. The largest absolute Gasteiger partial charge is 0.496 e. The molecule has 0 radical (unpaired) electrons. The fraction of sp³-hybridized carbons (Fsp3) is 0.296. The molecule has 4 rings (SSSR count). The van der Waals surface area contributed by atoms with Gasteiger partial charge in [0.2, 0.25) is 0 Å². The summed E-state index contributed by atoms with van der Waals surface area (Å²) in [6, 6.07) is 10.6. The van der Waals surface area contributed by atoms with Crippen LogP contribution in [0.4, 0.5) is 0 Å². The zero-order chi connectivity index (χ0) is 26.7. The van der Waals surface area contributed by atoms with Crippen molar-refractivity contribution in [3.8, 4) is 11.5 Å². The van der Waals surface area contributed by atoms with Gasteiger partial charge < -0.3 is 14.2 Å². The summed E-state index contributed by atoms with van der Waals surface area (Å²) in [4.78, 5) is 32.5. The molecule has 1 aliphatic heterocycles. The number of thiazole rings is 1. The maximum Gasteiger partial charge on any atom is 0.338 e. The second-order valence-electron chi connectivity index (χ2n) is 8.20. The van der Waals surface area contributed by atoms with Gasteiger partial charge in [-0.25, -0.2) is 9.79 Å². The average Bonchev–Trinajstić information content (AvgIpc) is 3.18. The number of carbonyl (C=O) groups excluding carboxylic acids is 1. The van der Waals surface area contributed by atoms with Gasteiger partial charge in [0.05, 0.1) is 50.7 Å². The van der Waals surface area contributed by atoms with E-state index in [2.05, 4.69) is 38.5 Å². The summed E-state index contributed by atoms with van der Waals surface area (Å²) in [5.74, 6) is 0.957. The number of carbonyl (C=O) groups is 1. The van der Waals surface area contributed by atoms with Crippen LogP contribution in [0.2, 0.25) is 0 Å². The smallest absolute Gasteiger partial charge is 0.338 e. The number of benzene rings is 2. The van der Waals surface area contributed by atoms with E-state index in [4.69, 9.17) is 19.2 Å². The van der Waals surface area contributed by atoms with E-state index < -0.39 is 12.0 Å². The quantitative estimate of drug-likeness (QED) is 0.246. The van der Waals surface area contributed by atoms with E-state index >= 15 is 0 Å². The molecule has 2 heterocycles. The molecule has 0 saturated carbocycles. The van der Waals surface area contributed by atoms with E-state index in [1.165, 1.54) is 11.3 Å². The van der Waals surface area contributed by atoms with Crippen molar-refractivity contribution in [3.05, 3.63) is 86.5 Å². The van der Waals surface area contributed by atoms with E-state index in [1.807, 2.05) is 49.4 Å². The van der Waals surface area contributed by atoms with Gasteiger partial charge in [-0.15, -0.1) is 0 Å². The second-order valence-corrected chi connectivity index (χ2v) is 11.2. The molecule has 0 spiro atoms. The van der Waals surface area contributed by atoms with Crippen LogP contribution in [0.15, 0.2) is 61.9 Å². The molecule has 0 saturated heterocycles. The molecule has 0 aliphatic carbocycles. The molecule has 7 nitrogen and oxygen atoms in total. The number of rotatable bonds is 8. The molecular formula is C27H26BrIN2O5S. The fourth-order valence-corrected chi connectivity index (χ4v) is 6.55. The van der Waals surface area contributed by atoms with Crippen molar-refractivity contribution in [2.75, 3.05) is 20.8 Å². The highest BCUT2D eigenvalue weighted by atomic mass is 127. The van der Waals surface area contributed by atoms with Gasteiger partial charge in [-0.1, -0.05) is 36.8 Å². The Hall–Kier alpha value is -2.44. The molecule has 0 amide bonds. The Morgan fingerprint density at radius 1 is 1.16 bits per heavy atom. The van der Waals surface area contributed by atoms with Crippen LogP contribution in [0, 0.1) is 3.57 Å². The molecule has 1 aromatic heterocycles. The van der Waals surface area contributed by atoms with Crippen LogP contribution >= 0.6 is 49.9 Å². The number of esters is 1. The summed E-state index contributed by atoms with van der Waals surface area (Å²) in [5, 5.41) is 0. The number of nitrogens with zero attached hydrogens (tertiary/aromatic N) is 2. The van der Waals surface area contributed by atoms with E-state index in [0.717, 1.165) is 31.3 Å². The maximum atomic E-state index is 13.9. The van der Waals surface area contributed by atoms with Crippen LogP contribution in [0.3, 0.4) is 0 Å². The summed E-state index contributed by atoms with van der Waals surface area (Å²) < 4.78 is 20.0. The fourth-order valence-electron chi connectivity index (χ4n) is 4.21. The molecule has 3 aromatic rings. The highest BCUT2D eigenvalue weighted by Gasteiger charge is 2.34.